The highest BCUT2D eigenvalue weighted by molar-refractivity contribution is 6.03. The predicted octanol–water partition coefficient (Wildman–Crippen LogP) is 3.43. The number of likely N-dealkylation sites (N-methyl/N-ethyl adjacent to an activating group) is 1. The molecule has 0 saturated carbocycles. The normalized spacial score (nSPS) is 21.4. The van der Waals surface area contributed by atoms with E-state index in [1.165, 1.54) is 7.11 Å². The van der Waals surface area contributed by atoms with Crippen molar-refractivity contribution in [1.82, 2.24) is 10.2 Å². The second-order valence-corrected chi connectivity index (χ2v) is 8.55. The molecule has 0 bridgehead atoms. The summed E-state index contributed by atoms with van der Waals surface area (Å²) in [6.45, 7) is 5.70. The summed E-state index contributed by atoms with van der Waals surface area (Å²) in [4.78, 5) is 27.6. The van der Waals surface area contributed by atoms with Crippen molar-refractivity contribution in [3.63, 3.8) is 0 Å². The molecule has 1 aliphatic heterocycles. The number of ether oxygens (including phenoxy) is 3. The van der Waals surface area contributed by atoms with E-state index in [0.717, 1.165) is 6.54 Å². The number of nitrogens with one attached hydrogen (secondary N) is 3. The Morgan fingerprint density at radius 1 is 1.15 bits per heavy atom. The first-order chi connectivity index (χ1) is 16.3. The van der Waals surface area contributed by atoms with Crippen LogP contribution in [0.25, 0.3) is 0 Å². The van der Waals surface area contributed by atoms with E-state index in [4.69, 9.17) is 14.2 Å². The van der Waals surface area contributed by atoms with E-state index in [2.05, 4.69) is 22.9 Å². The average molecular weight is 471 g/mol. The third-order valence-corrected chi connectivity index (χ3v) is 5.84. The Balaban J connectivity index is 1.83. The van der Waals surface area contributed by atoms with Gasteiger partial charge in [0.25, 0.3) is 5.91 Å². The first kappa shape index (κ1) is 25.3. The molecule has 1 heterocycles. The minimum atomic E-state index is -0.453. The van der Waals surface area contributed by atoms with E-state index in [1.54, 1.807) is 55.5 Å². The van der Waals surface area contributed by atoms with Gasteiger partial charge in [-0.3, -0.25) is 4.79 Å². The number of rotatable bonds is 4. The molecular weight excluding hydrogens is 436 g/mol. The van der Waals surface area contributed by atoms with Crippen LogP contribution in [0.5, 0.6) is 11.5 Å². The van der Waals surface area contributed by atoms with Crippen molar-refractivity contribution < 1.29 is 23.8 Å². The molecule has 34 heavy (non-hydrogen) atoms. The summed E-state index contributed by atoms with van der Waals surface area (Å²) in [7, 11) is 4.94. The lowest BCUT2D eigenvalue weighted by Gasteiger charge is -2.30. The monoisotopic (exact) mass is 470 g/mol. The maximum Gasteiger partial charge on any atom is 0.323 e. The molecule has 0 aromatic heterocycles. The molecule has 2 aromatic carbocycles. The lowest BCUT2D eigenvalue weighted by molar-refractivity contribution is 0.0281. The topological polar surface area (TPSA) is 101 Å². The SMILES string of the molecule is COc1ccccc1NC(=O)Nc1ccc2c(c1)C(=O)N(C)C[C@H](OC)[C@@H](C)CN[C@@H](C)CO2. The van der Waals surface area contributed by atoms with Crippen molar-refractivity contribution in [1.29, 1.82) is 0 Å². The maximum atomic E-state index is 13.3. The number of nitrogens with zero attached hydrogens (tertiary/aromatic N) is 1. The molecule has 0 aliphatic carbocycles. The maximum absolute atomic E-state index is 13.3. The Morgan fingerprint density at radius 2 is 1.91 bits per heavy atom. The van der Waals surface area contributed by atoms with E-state index in [1.807, 2.05) is 13.0 Å². The fourth-order valence-electron chi connectivity index (χ4n) is 3.77. The molecule has 0 spiro atoms. The number of hydrogen-bond acceptors (Lipinski definition) is 6. The number of anilines is 2. The van der Waals surface area contributed by atoms with Gasteiger partial charge in [0.05, 0.1) is 24.5 Å². The van der Waals surface area contributed by atoms with E-state index in [9.17, 15) is 9.59 Å². The third kappa shape index (κ3) is 6.39. The number of amides is 3. The molecule has 0 unspecified atom stereocenters. The van der Waals surface area contributed by atoms with Crippen molar-refractivity contribution in [3.8, 4) is 11.5 Å². The van der Waals surface area contributed by atoms with Crippen molar-refractivity contribution >= 4 is 23.3 Å². The van der Waals surface area contributed by atoms with Gasteiger partial charge in [-0.15, -0.1) is 0 Å². The Morgan fingerprint density at radius 3 is 2.65 bits per heavy atom. The van der Waals surface area contributed by atoms with E-state index in [0.29, 0.717) is 41.6 Å². The van der Waals surface area contributed by atoms with Crippen LogP contribution in [0.2, 0.25) is 0 Å². The molecule has 1 aliphatic rings. The molecule has 0 radical (unpaired) electrons. The zero-order valence-electron chi connectivity index (χ0n) is 20.4. The molecule has 184 valence electrons. The number of benzene rings is 2. The summed E-state index contributed by atoms with van der Waals surface area (Å²) in [5.74, 6) is 1.00. The molecule has 3 N–H and O–H groups in total. The Labute approximate surface area is 200 Å². The van der Waals surface area contributed by atoms with Crippen LogP contribution >= 0.6 is 0 Å². The fraction of sp³-hybridized carbons (Fsp3) is 0.440. The molecule has 9 heteroatoms. The van der Waals surface area contributed by atoms with Gasteiger partial charge in [-0.1, -0.05) is 19.1 Å². The summed E-state index contributed by atoms with van der Waals surface area (Å²) in [5.41, 5.74) is 1.37. The second kappa shape index (κ2) is 11.7. The molecule has 0 fully saturated rings. The quantitative estimate of drug-likeness (QED) is 0.633. The summed E-state index contributed by atoms with van der Waals surface area (Å²) in [6, 6.07) is 11.8. The minimum Gasteiger partial charge on any atom is -0.495 e. The number of carbonyl (C=O) groups is 2. The van der Waals surface area contributed by atoms with Crippen LogP contribution in [-0.2, 0) is 4.74 Å². The zero-order chi connectivity index (χ0) is 24.7. The van der Waals surface area contributed by atoms with Crippen LogP contribution in [-0.4, -0.2) is 69.9 Å². The number of hydrogen-bond donors (Lipinski definition) is 3. The smallest absolute Gasteiger partial charge is 0.323 e. The Hall–Kier alpha value is -3.30. The Kier molecular flexibility index (Phi) is 8.72. The number of fused-ring (bicyclic) bond motifs is 1. The van der Waals surface area contributed by atoms with Crippen LogP contribution in [0.1, 0.15) is 24.2 Å². The lowest BCUT2D eigenvalue weighted by atomic mass is 10.0. The van der Waals surface area contributed by atoms with Gasteiger partial charge in [0.1, 0.15) is 18.1 Å². The summed E-state index contributed by atoms with van der Waals surface area (Å²) >= 11 is 0. The lowest BCUT2D eigenvalue weighted by Crippen LogP contribution is -2.44. The van der Waals surface area contributed by atoms with Crippen molar-refractivity contribution in [2.75, 3.05) is 51.6 Å². The van der Waals surface area contributed by atoms with Gasteiger partial charge >= 0.3 is 6.03 Å². The van der Waals surface area contributed by atoms with Gasteiger partial charge < -0.3 is 35.1 Å². The van der Waals surface area contributed by atoms with Gasteiger partial charge in [-0.2, -0.15) is 0 Å². The minimum absolute atomic E-state index is 0.0875. The number of methoxy groups -OCH3 is 2. The predicted molar refractivity (Wildman–Crippen MR) is 132 cm³/mol. The number of urea groups is 1. The summed E-state index contributed by atoms with van der Waals surface area (Å²) < 4.78 is 16.9. The highest BCUT2D eigenvalue weighted by Crippen LogP contribution is 2.27. The summed E-state index contributed by atoms with van der Waals surface area (Å²) in [5, 5.41) is 9.00. The Bertz CT molecular complexity index is 999. The van der Waals surface area contributed by atoms with E-state index in [-0.39, 0.29) is 24.0 Å². The molecule has 0 saturated heterocycles. The van der Waals surface area contributed by atoms with Crippen LogP contribution in [0, 0.1) is 5.92 Å². The molecule has 3 amide bonds. The van der Waals surface area contributed by atoms with E-state index < -0.39 is 6.03 Å². The first-order valence-electron chi connectivity index (χ1n) is 11.3. The molecule has 3 atom stereocenters. The van der Waals surface area contributed by atoms with Gasteiger partial charge in [-0.05, 0) is 43.2 Å². The molecular formula is C25H34N4O5. The number of para-hydroxylation sites is 2. The van der Waals surface area contributed by atoms with Gasteiger partial charge in [0.2, 0.25) is 0 Å². The molecule has 9 nitrogen and oxygen atoms in total. The van der Waals surface area contributed by atoms with Crippen molar-refractivity contribution in [2.24, 2.45) is 5.92 Å². The van der Waals surface area contributed by atoms with Crippen molar-refractivity contribution in [3.05, 3.63) is 48.0 Å². The standard InChI is InChI=1S/C25H34N4O5/c1-16-13-26-17(2)15-34-21-11-10-18(12-19(21)24(30)29(3)14-23(16)33-5)27-25(31)28-20-8-6-7-9-22(20)32-4/h6-12,16-17,23,26H,13-15H2,1-5H3,(H2,27,28,31)/t16-,17-,23-/m0/s1. The van der Waals surface area contributed by atoms with Crippen molar-refractivity contribution in [2.45, 2.75) is 26.0 Å². The van der Waals surface area contributed by atoms with Gasteiger partial charge in [0.15, 0.2) is 0 Å². The largest absolute Gasteiger partial charge is 0.495 e. The van der Waals surface area contributed by atoms with Gasteiger partial charge in [-0.25, -0.2) is 4.79 Å². The number of carbonyl (C=O) groups excluding carboxylic acids is 2. The van der Waals surface area contributed by atoms with Crippen LogP contribution in [0.3, 0.4) is 0 Å². The summed E-state index contributed by atoms with van der Waals surface area (Å²) in [6.07, 6.45) is -0.120. The highest BCUT2D eigenvalue weighted by atomic mass is 16.5. The third-order valence-electron chi connectivity index (χ3n) is 5.84. The van der Waals surface area contributed by atoms with Crippen LogP contribution in [0.4, 0.5) is 16.2 Å². The molecule has 3 rings (SSSR count). The zero-order valence-corrected chi connectivity index (χ0v) is 20.4. The average Bonchev–Trinajstić information content (AvgIpc) is 2.84. The molecule has 2 aromatic rings. The van der Waals surface area contributed by atoms with Crippen LogP contribution < -0.4 is 25.4 Å². The van der Waals surface area contributed by atoms with Crippen LogP contribution in [0.15, 0.2) is 42.5 Å². The fourth-order valence-corrected chi connectivity index (χ4v) is 3.77. The first-order valence-corrected chi connectivity index (χ1v) is 11.3. The van der Waals surface area contributed by atoms with Gasteiger partial charge in [0, 0.05) is 39.0 Å². The van der Waals surface area contributed by atoms with E-state index >= 15 is 0 Å². The highest BCUT2D eigenvalue weighted by Gasteiger charge is 2.25. The second-order valence-electron chi connectivity index (χ2n) is 8.55.